The van der Waals surface area contributed by atoms with Crippen molar-refractivity contribution >= 4 is 10.9 Å². The molecule has 0 spiro atoms. The average Bonchev–Trinajstić information content (AvgIpc) is 2.68. The second-order valence-electron chi connectivity index (χ2n) is 4.30. The van der Waals surface area contributed by atoms with Crippen LogP contribution in [0.2, 0.25) is 0 Å². The molecule has 0 fully saturated rings. The Kier molecular flexibility index (Phi) is 2.22. The van der Waals surface area contributed by atoms with Gasteiger partial charge in [-0.25, -0.2) is 0 Å². The van der Waals surface area contributed by atoms with Crippen molar-refractivity contribution in [1.82, 2.24) is 9.78 Å². The van der Waals surface area contributed by atoms with Gasteiger partial charge >= 0.3 is 0 Å². The van der Waals surface area contributed by atoms with Gasteiger partial charge in [0.25, 0.3) is 0 Å². The molecule has 2 aromatic carbocycles. The standard InChI is InChI=1S/C15H14N2/c1-11-7-3-4-8-12(11)15-13-9-5-6-10-14(13)17(2)16-15/h3-10H,1-2H3. The van der Waals surface area contributed by atoms with Gasteiger partial charge in [0, 0.05) is 18.0 Å². The van der Waals surface area contributed by atoms with Crippen LogP contribution in [0.5, 0.6) is 0 Å². The minimum Gasteiger partial charge on any atom is -0.267 e. The molecule has 0 aliphatic rings. The lowest BCUT2D eigenvalue weighted by atomic mass is 10.0. The van der Waals surface area contributed by atoms with Crippen molar-refractivity contribution in [2.75, 3.05) is 0 Å². The van der Waals surface area contributed by atoms with Crippen molar-refractivity contribution in [3.8, 4) is 11.3 Å². The number of aryl methyl sites for hydroxylation is 2. The number of para-hydroxylation sites is 1. The van der Waals surface area contributed by atoms with Gasteiger partial charge in [0.15, 0.2) is 0 Å². The van der Waals surface area contributed by atoms with E-state index in [2.05, 4.69) is 54.5 Å². The van der Waals surface area contributed by atoms with Gasteiger partial charge in [-0.05, 0) is 18.6 Å². The number of hydrogen-bond donors (Lipinski definition) is 0. The van der Waals surface area contributed by atoms with E-state index in [1.54, 1.807) is 0 Å². The van der Waals surface area contributed by atoms with Crippen LogP contribution in [0.15, 0.2) is 48.5 Å². The second-order valence-corrected chi connectivity index (χ2v) is 4.30. The first-order valence-corrected chi connectivity index (χ1v) is 5.75. The molecule has 1 aromatic heterocycles. The lowest BCUT2D eigenvalue weighted by Gasteiger charge is -2.01. The van der Waals surface area contributed by atoms with Gasteiger partial charge in [-0.2, -0.15) is 5.10 Å². The topological polar surface area (TPSA) is 17.8 Å². The maximum Gasteiger partial charge on any atom is 0.100 e. The molecule has 3 aromatic rings. The molecule has 0 saturated carbocycles. The van der Waals surface area contributed by atoms with E-state index in [0.717, 1.165) is 5.69 Å². The van der Waals surface area contributed by atoms with Gasteiger partial charge < -0.3 is 0 Å². The number of nitrogens with zero attached hydrogens (tertiary/aromatic N) is 2. The number of aromatic nitrogens is 2. The van der Waals surface area contributed by atoms with E-state index in [-0.39, 0.29) is 0 Å². The van der Waals surface area contributed by atoms with E-state index in [1.807, 2.05) is 17.8 Å². The number of fused-ring (bicyclic) bond motifs is 1. The Balaban J connectivity index is 2.35. The van der Waals surface area contributed by atoms with E-state index in [9.17, 15) is 0 Å². The SMILES string of the molecule is Cc1ccccc1-c1nn(C)c2ccccc12. The first-order chi connectivity index (χ1) is 8.27. The van der Waals surface area contributed by atoms with Crippen LogP contribution in [0, 0.1) is 6.92 Å². The summed E-state index contributed by atoms with van der Waals surface area (Å²) in [5.41, 5.74) is 4.72. The molecule has 84 valence electrons. The molecule has 1 heterocycles. The van der Waals surface area contributed by atoms with Crippen LogP contribution in [-0.2, 0) is 7.05 Å². The summed E-state index contributed by atoms with van der Waals surface area (Å²) in [6, 6.07) is 16.7. The molecule has 2 nitrogen and oxygen atoms in total. The molecule has 17 heavy (non-hydrogen) atoms. The lowest BCUT2D eigenvalue weighted by Crippen LogP contribution is -1.90. The van der Waals surface area contributed by atoms with E-state index in [4.69, 9.17) is 0 Å². The molecular formula is C15H14N2. The third-order valence-corrected chi connectivity index (χ3v) is 3.16. The van der Waals surface area contributed by atoms with E-state index in [1.165, 1.54) is 22.0 Å². The van der Waals surface area contributed by atoms with Gasteiger partial charge in [0.05, 0.1) is 5.52 Å². The van der Waals surface area contributed by atoms with Crippen LogP contribution in [-0.4, -0.2) is 9.78 Å². The highest BCUT2D eigenvalue weighted by Gasteiger charge is 2.10. The van der Waals surface area contributed by atoms with Crippen molar-refractivity contribution in [1.29, 1.82) is 0 Å². The molecule has 0 atom stereocenters. The zero-order chi connectivity index (χ0) is 11.8. The number of benzene rings is 2. The molecule has 3 rings (SSSR count). The Morgan fingerprint density at radius 3 is 2.47 bits per heavy atom. The molecule has 0 bridgehead atoms. The summed E-state index contributed by atoms with van der Waals surface area (Å²) in [7, 11) is 1.99. The maximum atomic E-state index is 4.64. The van der Waals surface area contributed by atoms with Gasteiger partial charge in [-0.3, -0.25) is 4.68 Å². The molecule has 0 aliphatic carbocycles. The Bertz CT molecular complexity index is 680. The summed E-state index contributed by atoms with van der Waals surface area (Å²) < 4.78 is 1.94. The molecule has 0 aliphatic heterocycles. The van der Waals surface area contributed by atoms with Gasteiger partial charge in [-0.15, -0.1) is 0 Å². The normalized spacial score (nSPS) is 10.9. The van der Waals surface area contributed by atoms with E-state index < -0.39 is 0 Å². The molecular weight excluding hydrogens is 208 g/mol. The van der Waals surface area contributed by atoms with Crippen LogP contribution in [0.3, 0.4) is 0 Å². The quantitative estimate of drug-likeness (QED) is 0.615. The highest BCUT2D eigenvalue weighted by molar-refractivity contribution is 5.93. The van der Waals surface area contributed by atoms with Gasteiger partial charge in [0.1, 0.15) is 5.69 Å². The first kappa shape index (κ1) is 10.1. The fourth-order valence-corrected chi connectivity index (χ4v) is 2.25. The zero-order valence-electron chi connectivity index (χ0n) is 10.0. The first-order valence-electron chi connectivity index (χ1n) is 5.75. The molecule has 0 amide bonds. The molecule has 0 unspecified atom stereocenters. The van der Waals surface area contributed by atoms with Crippen molar-refractivity contribution < 1.29 is 0 Å². The Labute approximate surface area is 101 Å². The van der Waals surface area contributed by atoms with Crippen LogP contribution in [0.25, 0.3) is 22.2 Å². The van der Waals surface area contributed by atoms with Gasteiger partial charge in [-0.1, -0.05) is 42.5 Å². The van der Waals surface area contributed by atoms with Crippen LogP contribution < -0.4 is 0 Å². The monoisotopic (exact) mass is 222 g/mol. The van der Waals surface area contributed by atoms with Crippen LogP contribution in [0.1, 0.15) is 5.56 Å². The predicted molar refractivity (Wildman–Crippen MR) is 70.9 cm³/mol. The molecule has 0 saturated heterocycles. The Morgan fingerprint density at radius 2 is 1.65 bits per heavy atom. The number of rotatable bonds is 1. The van der Waals surface area contributed by atoms with Crippen molar-refractivity contribution in [2.24, 2.45) is 7.05 Å². The van der Waals surface area contributed by atoms with Crippen molar-refractivity contribution in [3.05, 3.63) is 54.1 Å². The summed E-state index contributed by atoms with van der Waals surface area (Å²) >= 11 is 0. The summed E-state index contributed by atoms with van der Waals surface area (Å²) in [5.74, 6) is 0. The third kappa shape index (κ3) is 1.53. The Hall–Kier alpha value is -2.09. The summed E-state index contributed by atoms with van der Waals surface area (Å²) in [6.07, 6.45) is 0. The minimum atomic E-state index is 1.07. The molecule has 0 N–H and O–H groups in total. The highest BCUT2D eigenvalue weighted by Crippen LogP contribution is 2.29. The smallest absolute Gasteiger partial charge is 0.100 e. The van der Waals surface area contributed by atoms with E-state index in [0.29, 0.717) is 0 Å². The van der Waals surface area contributed by atoms with Crippen LogP contribution in [0.4, 0.5) is 0 Å². The van der Waals surface area contributed by atoms with E-state index >= 15 is 0 Å². The lowest BCUT2D eigenvalue weighted by molar-refractivity contribution is 0.800. The zero-order valence-corrected chi connectivity index (χ0v) is 10.0. The average molecular weight is 222 g/mol. The summed E-state index contributed by atoms with van der Waals surface area (Å²) in [6.45, 7) is 2.12. The maximum absolute atomic E-state index is 4.64. The summed E-state index contributed by atoms with van der Waals surface area (Å²) in [5, 5.41) is 5.85. The minimum absolute atomic E-state index is 1.07. The highest BCUT2D eigenvalue weighted by atomic mass is 15.3. The second kappa shape index (κ2) is 3.74. The predicted octanol–water partition coefficient (Wildman–Crippen LogP) is 3.55. The van der Waals surface area contributed by atoms with Crippen molar-refractivity contribution in [3.63, 3.8) is 0 Å². The number of hydrogen-bond acceptors (Lipinski definition) is 1. The van der Waals surface area contributed by atoms with Crippen LogP contribution >= 0.6 is 0 Å². The van der Waals surface area contributed by atoms with Gasteiger partial charge in [0.2, 0.25) is 0 Å². The molecule has 2 heteroatoms. The third-order valence-electron chi connectivity index (χ3n) is 3.16. The molecule has 0 radical (unpaired) electrons. The fourth-order valence-electron chi connectivity index (χ4n) is 2.25. The van der Waals surface area contributed by atoms with Crippen molar-refractivity contribution in [2.45, 2.75) is 6.92 Å². The Morgan fingerprint density at radius 1 is 0.941 bits per heavy atom. The fraction of sp³-hybridized carbons (Fsp3) is 0.133. The largest absolute Gasteiger partial charge is 0.267 e. The summed E-state index contributed by atoms with van der Waals surface area (Å²) in [4.78, 5) is 0.